The Morgan fingerprint density at radius 1 is 0.945 bits per heavy atom. The van der Waals surface area contributed by atoms with Crippen LogP contribution in [-0.2, 0) is 29.1 Å². The molecule has 0 spiro atoms. The molecule has 13 nitrogen and oxygen atoms in total. The molecule has 2 heterocycles. The molecule has 0 radical (unpaired) electrons. The Morgan fingerprint density at radius 2 is 1.51 bits per heavy atom. The summed E-state index contributed by atoms with van der Waals surface area (Å²) in [7, 11) is 1.57. The number of nitriles is 1. The first-order valence-electron chi connectivity index (χ1n) is 18.0. The van der Waals surface area contributed by atoms with Crippen LogP contribution < -0.4 is 20.7 Å². The van der Waals surface area contributed by atoms with Crippen LogP contribution in [0.25, 0.3) is 0 Å². The quantitative estimate of drug-likeness (QED) is 0.0800. The van der Waals surface area contributed by atoms with E-state index in [0.29, 0.717) is 17.1 Å². The minimum Gasteiger partial charge on any atom is -0.497 e. The van der Waals surface area contributed by atoms with Crippen molar-refractivity contribution in [1.82, 2.24) is 14.2 Å². The van der Waals surface area contributed by atoms with Crippen molar-refractivity contribution >= 4 is 14.1 Å². The fraction of sp³-hybridized carbons (Fsp3) is 0.415. The zero-order valence-corrected chi connectivity index (χ0v) is 33.2. The lowest BCUT2D eigenvalue weighted by Crippen LogP contribution is -2.55. The summed E-state index contributed by atoms with van der Waals surface area (Å²) in [6.45, 7) is 9.36. The van der Waals surface area contributed by atoms with Gasteiger partial charge in [-0.25, -0.2) is 4.79 Å². The number of rotatable bonds is 17. The maximum absolute atomic E-state index is 13.2. The van der Waals surface area contributed by atoms with Crippen LogP contribution in [0.2, 0.25) is 0 Å². The molecule has 3 aromatic carbocycles. The molecule has 1 aliphatic heterocycles. The Hall–Kier alpha value is -4.67. The van der Waals surface area contributed by atoms with E-state index in [2.05, 4.69) is 9.65 Å². The van der Waals surface area contributed by atoms with Crippen molar-refractivity contribution in [1.29, 1.82) is 5.26 Å². The number of ketones is 1. The Morgan fingerprint density at radius 3 is 2.04 bits per heavy atom. The lowest BCUT2D eigenvalue weighted by atomic mass is 9.79. The normalized spacial score (nSPS) is 17.9. The zero-order chi connectivity index (χ0) is 39.8. The first kappa shape index (κ1) is 41.5. The third-order valence-corrected chi connectivity index (χ3v) is 11.8. The maximum atomic E-state index is 13.2. The molecule has 1 unspecified atom stereocenters. The number of ether oxygens (including phenoxy) is 5. The minimum atomic E-state index is -1.64. The molecule has 55 heavy (non-hydrogen) atoms. The van der Waals surface area contributed by atoms with Gasteiger partial charge in [0, 0.05) is 23.8 Å². The van der Waals surface area contributed by atoms with Gasteiger partial charge in [-0.1, -0.05) is 54.6 Å². The molecule has 292 valence electrons. The third kappa shape index (κ3) is 9.42. The summed E-state index contributed by atoms with van der Waals surface area (Å²) in [4.78, 5) is 40.5. The number of aromatic amines is 1. The Labute approximate surface area is 322 Å². The monoisotopic (exact) mass is 772 g/mol. The summed E-state index contributed by atoms with van der Waals surface area (Å²) in [5.74, 6) is 0.733. The number of H-pyrrole nitrogens is 1. The van der Waals surface area contributed by atoms with Gasteiger partial charge in [0.1, 0.15) is 37.1 Å². The van der Waals surface area contributed by atoms with E-state index in [4.69, 9.17) is 28.2 Å². The van der Waals surface area contributed by atoms with E-state index in [1.54, 1.807) is 27.2 Å². The Kier molecular flexibility index (Phi) is 13.8. The van der Waals surface area contributed by atoms with Crippen molar-refractivity contribution in [3.8, 4) is 17.6 Å². The van der Waals surface area contributed by atoms with Crippen molar-refractivity contribution in [2.45, 2.75) is 64.1 Å². The first-order chi connectivity index (χ1) is 26.4. The summed E-state index contributed by atoms with van der Waals surface area (Å²) < 4.78 is 41.5. The third-order valence-electron chi connectivity index (χ3n) is 9.39. The average Bonchev–Trinajstić information content (AvgIpc) is 3.19. The number of nitrogens with zero attached hydrogens (tertiary/aromatic N) is 3. The number of hydrogen-bond acceptors (Lipinski definition) is 11. The molecular formula is C41H49N4O9P. The molecule has 4 aromatic rings. The molecule has 0 saturated carbocycles. The van der Waals surface area contributed by atoms with Gasteiger partial charge in [-0.2, -0.15) is 5.26 Å². The number of aromatic nitrogens is 2. The van der Waals surface area contributed by atoms with E-state index < -0.39 is 42.8 Å². The van der Waals surface area contributed by atoms with Crippen molar-refractivity contribution in [3.05, 3.63) is 128 Å². The van der Waals surface area contributed by atoms with Gasteiger partial charge in [-0.3, -0.25) is 23.8 Å². The van der Waals surface area contributed by atoms with Crippen LogP contribution in [0, 0.1) is 18.3 Å². The Balaban J connectivity index is 1.66. The number of carbonyl (C=O) groups excluding carboxylic acids is 1. The van der Waals surface area contributed by atoms with Gasteiger partial charge in [0.15, 0.2) is 6.23 Å². The number of aryl methyl sites for hydroxylation is 1. The Bertz CT molecular complexity index is 1990. The van der Waals surface area contributed by atoms with Gasteiger partial charge in [-0.15, -0.1) is 0 Å². The van der Waals surface area contributed by atoms with E-state index in [-0.39, 0.29) is 44.7 Å². The van der Waals surface area contributed by atoms with Crippen LogP contribution in [0.4, 0.5) is 0 Å². The topological polar surface area (TPSA) is 154 Å². The summed E-state index contributed by atoms with van der Waals surface area (Å²) in [6.07, 6.45) is 0.344. The van der Waals surface area contributed by atoms with Crippen molar-refractivity contribution < 1.29 is 33.0 Å². The number of Topliss-reactive ketones (excluding diaryl/α,β-unsaturated/α-hetero) is 1. The van der Waals surface area contributed by atoms with Crippen molar-refractivity contribution in [2.24, 2.45) is 0 Å². The van der Waals surface area contributed by atoms with Gasteiger partial charge in [0.25, 0.3) is 5.56 Å². The summed E-state index contributed by atoms with van der Waals surface area (Å²) in [5.41, 5.74) is -1.07. The lowest BCUT2D eigenvalue weighted by molar-refractivity contribution is -0.258. The molecule has 14 heteroatoms. The minimum absolute atomic E-state index is 0.000276. The molecule has 1 aliphatic rings. The highest BCUT2D eigenvalue weighted by Crippen LogP contribution is 2.47. The molecule has 1 N–H and O–H groups in total. The number of methoxy groups -OCH3 is 2. The molecule has 1 fully saturated rings. The predicted molar refractivity (Wildman–Crippen MR) is 208 cm³/mol. The highest BCUT2D eigenvalue weighted by Gasteiger charge is 2.46. The SMILES string of the molecule is COc1ccc(C(OC[C@@]2(COP(CC(=O)C#N)N(C(C)C)C(C)C)COC[C@H](n3cc(C)c(=O)[nH]c3=O)O2)(c2ccccc2)c2ccc(OC)cc2)cc1. The molecule has 5 rings (SSSR count). The van der Waals surface area contributed by atoms with Crippen LogP contribution in [0.15, 0.2) is 94.6 Å². The second-order valence-corrected chi connectivity index (χ2v) is 15.7. The van der Waals surface area contributed by atoms with E-state index in [1.807, 2.05) is 107 Å². The second kappa shape index (κ2) is 18.3. The van der Waals surface area contributed by atoms with Gasteiger partial charge in [0.05, 0.1) is 46.8 Å². The van der Waals surface area contributed by atoms with Crippen LogP contribution in [0.1, 0.15) is 56.2 Å². The smallest absolute Gasteiger partial charge is 0.330 e. The van der Waals surface area contributed by atoms with Crippen LogP contribution in [-0.4, -0.2) is 84.5 Å². The number of carbonyl (C=O) groups is 1. The fourth-order valence-corrected chi connectivity index (χ4v) is 8.92. The van der Waals surface area contributed by atoms with Crippen LogP contribution >= 0.6 is 8.30 Å². The van der Waals surface area contributed by atoms with Gasteiger partial charge >= 0.3 is 5.69 Å². The van der Waals surface area contributed by atoms with Crippen molar-refractivity contribution in [2.75, 3.05) is 46.8 Å². The highest BCUT2D eigenvalue weighted by molar-refractivity contribution is 7.51. The summed E-state index contributed by atoms with van der Waals surface area (Å²) >= 11 is 0. The van der Waals surface area contributed by atoms with E-state index >= 15 is 0 Å². The molecule has 3 atom stereocenters. The standard InChI is InChI=1S/C41H49N4O9P/c1-28(2)45(29(3)4)55(24-34(46)21-42)53-27-40(25-51-23-37(54-40)44-22-30(5)38(47)43-39(44)48)26-52-41(31-11-9-8-10-12-31,32-13-17-35(49-6)18-14-32)33-15-19-36(50-7)20-16-33/h8-20,22,28-29,37H,23-27H2,1-7H3,(H,43,47,48)/t37-,40-,55?/m1/s1. The zero-order valence-electron chi connectivity index (χ0n) is 32.3. The highest BCUT2D eigenvalue weighted by atomic mass is 31.2. The van der Waals surface area contributed by atoms with Gasteiger partial charge < -0.3 is 28.2 Å². The van der Waals surface area contributed by atoms with Crippen LogP contribution in [0.5, 0.6) is 11.5 Å². The molecule has 0 amide bonds. The van der Waals surface area contributed by atoms with Gasteiger partial charge in [0.2, 0.25) is 5.78 Å². The number of hydrogen-bond donors (Lipinski definition) is 1. The van der Waals surface area contributed by atoms with E-state index in [9.17, 15) is 19.6 Å². The molecule has 1 aromatic heterocycles. The predicted octanol–water partition coefficient (Wildman–Crippen LogP) is 5.70. The average molecular weight is 773 g/mol. The fourth-order valence-electron chi connectivity index (χ4n) is 6.80. The largest absolute Gasteiger partial charge is 0.497 e. The summed E-state index contributed by atoms with van der Waals surface area (Å²) in [5, 5.41) is 9.50. The molecule has 0 aliphatic carbocycles. The number of nitrogens with one attached hydrogen (secondary N) is 1. The molecular weight excluding hydrogens is 723 g/mol. The lowest BCUT2D eigenvalue weighted by Gasteiger charge is -2.45. The van der Waals surface area contributed by atoms with Crippen LogP contribution in [0.3, 0.4) is 0 Å². The van der Waals surface area contributed by atoms with Crippen molar-refractivity contribution in [3.63, 3.8) is 0 Å². The van der Waals surface area contributed by atoms with Gasteiger partial charge in [-0.05, 0) is 75.6 Å². The summed E-state index contributed by atoms with van der Waals surface area (Å²) in [6, 6.07) is 26.7. The molecule has 0 bridgehead atoms. The maximum Gasteiger partial charge on any atom is 0.330 e. The second-order valence-electron chi connectivity index (χ2n) is 13.9. The van der Waals surface area contributed by atoms with E-state index in [1.165, 1.54) is 10.8 Å². The molecule has 1 saturated heterocycles. The first-order valence-corrected chi connectivity index (χ1v) is 19.4. The number of benzene rings is 3. The van der Waals surface area contributed by atoms with E-state index in [0.717, 1.165) is 16.7 Å².